The Balaban J connectivity index is 2.11. The van der Waals surface area contributed by atoms with Gasteiger partial charge in [-0.3, -0.25) is 4.79 Å². The third kappa shape index (κ3) is 4.54. The van der Waals surface area contributed by atoms with Crippen LogP contribution in [0.5, 0.6) is 0 Å². The molecular formula is C18H17FN2O3. The molecule has 0 aliphatic carbocycles. The zero-order valence-electron chi connectivity index (χ0n) is 13.2. The Labute approximate surface area is 139 Å². The van der Waals surface area contributed by atoms with E-state index in [9.17, 15) is 9.18 Å². The van der Waals surface area contributed by atoms with E-state index in [1.165, 1.54) is 12.1 Å². The maximum Gasteiger partial charge on any atom is 0.262 e. The fraction of sp³-hybridized carbons (Fsp3) is 0.222. The van der Waals surface area contributed by atoms with Crippen molar-refractivity contribution < 1.29 is 18.3 Å². The molecule has 0 aliphatic heterocycles. The van der Waals surface area contributed by atoms with Crippen LogP contribution in [0, 0.1) is 17.1 Å². The van der Waals surface area contributed by atoms with Gasteiger partial charge in [0.25, 0.3) is 5.91 Å². The first kappa shape index (κ1) is 17.4. The molecule has 0 atom stereocenters. The summed E-state index contributed by atoms with van der Waals surface area (Å²) in [6, 6.07) is 11.2. The van der Waals surface area contributed by atoms with Crippen molar-refractivity contribution in [2.45, 2.75) is 6.42 Å². The van der Waals surface area contributed by atoms with Gasteiger partial charge in [-0.05, 0) is 30.7 Å². The van der Waals surface area contributed by atoms with Crippen molar-refractivity contribution in [1.82, 2.24) is 5.32 Å². The topological polar surface area (TPSA) is 75.3 Å². The average Bonchev–Trinajstić information content (AvgIpc) is 3.05. The fourth-order valence-corrected chi connectivity index (χ4v) is 2.04. The van der Waals surface area contributed by atoms with Crippen LogP contribution in [-0.2, 0) is 9.53 Å². The highest BCUT2D eigenvalue weighted by Crippen LogP contribution is 2.25. The minimum Gasteiger partial charge on any atom is -0.457 e. The Morgan fingerprint density at radius 2 is 2.17 bits per heavy atom. The summed E-state index contributed by atoms with van der Waals surface area (Å²) < 4.78 is 24.1. The molecule has 0 saturated heterocycles. The lowest BCUT2D eigenvalue weighted by molar-refractivity contribution is -0.117. The minimum atomic E-state index is -0.488. The maximum atomic E-state index is 13.7. The van der Waals surface area contributed by atoms with Crippen molar-refractivity contribution in [2.75, 3.05) is 20.3 Å². The van der Waals surface area contributed by atoms with Crippen LogP contribution < -0.4 is 5.32 Å². The molecular weight excluding hydrogens is 311 g/mol. The van der Waals surface area contributed by atoms with E-state index in [-0.39, 0.29) is 5.57 Å². The summed E-state index contributed by atoms with van der Waals surface area (Å²) in [5.41, 5.74) is 0.238. The fourth-order valence-electron chi connectivity index (χ4n) is 2.04. The number of rotatable bonds is 7. The van der Waals surface area contributed by atoms with Crippen LogP contribution >= 0.6 is 0 Å². The number of carbonyl (C=O) groups is 1. The zero-order chi connectivity index (χ0) is 17.4. The predicted molar refractivity (Wildman–Crippen MR) is 87.2 cm³/mol. The highest BCUT2D eigenvalue weighted by molar-refractivity contribution is 6.01. The summed E-state index contributed by atoms with van der Waals surface area (Å²) >= 11 is 0. The number of furan rings is 1. The van der Waals surface area contributed by atoms with Gasteiger partial charge in [0.2, 0.25) is 0 Å². The van der Waals surface area contributed by atoms with Gasteiger partial charge in [0.05, 0.1) is 5.56 Å². The summed E-state index contributed by atoms with van der Waals surface area (Å²) in [7, 11) is 1.58. The van der Waals surface area contributed by atoms with E-state index in [0.29, 0.717) is 36.7 Å². The van der Waals surface area contributed by atoms with Gasteiger partial charge in [-0.25, -0.2) is 4.39 Å². The van der Waals surface area contributed by atoms with Crippen LogP contribution in [0.15, 0.2) is 46.4 Å². The Morgan fingerprint density at radius 3 is 2.88 bits per heavy atom. The first-order valence-corrected chi connectivity index (χ1v) is 7.39. The molecule has 1 amide bonds. The van der Waals surface area contributed by atoms with Crippen LogP contribution in [0.3, 0.4) is 0 Å². The molecule has 24 heavy (non-hydrogen) atoms. The van der Waals surface area contributed by atoms with Gasteiger partial charge >= 0.3 is 0 Å². The normalized spacial score (nSPS) is 11.1. The van der Waals surface area contributed by atoms with Gasteiger partial charge in [0, 0.05) is 26.3 Å². The highest BCUT2D eigenvalue weighted by Gasteiger charge is 2.12. The van der Waals surface area contributed by atoms with Crippen molar-refractivity contribution in [3.63, 3.8) is 0 Å². The predicted octanol–water partition coefficient (Wildman–Crippen LogP) is 3.15. The van der Waals surface area contributed by atoms with Gasteiger partial charge in [-0.1, -0.05) is 12.1 Å². The second-order valence-electron chi connectivity index (χ2n) is 4.95. The second kappa shape index (κ2) is 8.65. The number of nitrogens with one attached hydrogen (secondary N) is 1. The summed E-state index contributed by atoms with van der Waals surface area (Å²) in [6.07, 6.45) is 1.98. The van der Waals surface area contributed by atoms with Crippen molar-refractivity contribution in [2.24, 2.45) is 0 Å². The van der Waals surface area contributed by atoms with Crippen LogP contribution in [0.4, 0.5) is 4.39 Å². The maximum absolute atomic E-state index is 13.7. The molecule has 2 rings (SSSR count). The molecule has 0 aliphatic rings. The minimum absolute atomic E-state index is 0.0816. The molecule has 0 saturated carbocycles. The molecule has 0 fully saturated rings. The van der Waals surface area contributed by atoms with E-state index in [2.05, 4.69) is 5.32 Å². The van der Waals surface area contributed by atoms with Gasteiger partial charge < -0.3 is 14.5 Å². The Bertz CT molecular complexity index is 775. The molecule has 0 spiro atoms. The van der Waals surface area contributed by atoms with Gasteiger partial charge in [0.15, 0.2) is 0 Å². The summed E-state index contributed by atoms with van der Waals surface area (Å²) in [5.74, 6) is -0.259. The van der Waals surface area contributed by atoms with Crippen molar-refractivity contribution in [3.05, 3.63) is 53.5 Å². The number of ether oxygens (including phenoxy) is 1. The Morgan fingerprint density at radius 1 is 1.38 bits per heavy atom. The largest absolute Gasteiger partial charge is 0.457 e. The van der Waals surface area contributed by atoms with E-state index in [4.69, 9.17) is 14.4 Å². The first-order chi connectivity index (χ1) is 11.7. The second-order valence-corrected chi connectivity index (χ2v) is 4.95. The molecule has 0 bridgehead atoms. The van der Waals surface area contributed by atoms with E-state index >= 15 is 0 Å². The number of hydrogen-bond acceptors (Lipinski definition) is 4. The summed E-state index contributed by atoms with van der Waals surface area (Å²) in [6.45, 7) is 0.931. The summed E-state index contributed by atoms with van der Waals surface area (Å²) in [5, 5.41) is 11.7. The molecule has 0 radical (unpaired) electrons. The molecule has 6 heteroatoms. The molecule has 124 valence electrons. The van der Waals surface area contributed by atoms with Gasteiger partial charge in [-0.2, -0.15) is 5.26 Å². The van der Waals surface area contributed by atoms with Gasteiger partial charge in [0.1, 0.15) is 29.0 Å². The number of carbonyl (C=O) groups excluding carboxylic acids is 1. The quantitative estimate of drug-likeness (QED) is 0.481. The molecule has 1 heterocycles. The Kier molecular flexibility index (Phi) is 6.29. The van der Waals surface area contributed by atoms with Crippen LogP contribution in [0.1, 0.15) is 12.2 Å². The number of methoxy groups -OCH3 is 1. The number of hydrogen-bond donors (Lipinski definition) is 1. The number of nitrogens with zero attached hydrogens (tertiary/aromatic N) is 1. The van der Waals surface area contributed by atoms with Crippen molar-refractivity contribution in [1.29, 1.82) is 5.26 Å². The first-order valence-electron chi connectivity index (χ1n) is 7.39. The van der Waals surface area contributed by atoms with E-state index in [0.717, 1.165) is 0 Å². The van der Waals surface area contributed by atoms with Gasteiger partial charge in [-0.15, -0.1) is 0 Å². The lowest BCUT2D eigenvalue weighted by atomic mass is 10.1. The van der Waals surface area contributed by atoms with E-state index < -0.39 is 11.7 Å². The monoisotopic (exact) mass is 328 g/mol. The standard InChI is InChI=1S/C18H17FN2O3/c1-23-10-4-9-21-18(22)13(12-20)11-14-7-8-17(24-14)15-5-2-3-6-16(15)19/h2-3,5-8,11H,4,9-10H2,1H3,(H,21,22)/b13-11+. The van der Waals surface area contributed by atoms with Crippen LogP contribution in [-0.4, -0.2) is 26.2 Å². The third-order valence-corrected chi connectivity index (χ3v) is 3.23. The average molecular weight is 328 g/mol. The number of nitriles is 1. The molecule has 5 nitrogen and oxygen atoms in total. The van der Waals surface area contributed by atoms with Crippen molar-refractivity contribution in [3.8, 4) is 17.4 Å². The Hall–Kier alpha value is -2.91. The molecule has 1 aromatic carbocycles. The number of halogens is 1. The molecule has 2 aromatic rings. The number of amides is 1. The smallest absolute Gasteiger partial charge is 0.262 e. The third-order valence-electron chi connectivity index (χ3n) is 3.23. The summed E-state index contributed by atoms with van der Waals surface area (Å²) in [4.78, 5) is 11.9. The lowest BCUT2D eigenvalue weighted by Crippen LogP contribution is -2.26. The molecule has 1 aromatic heterocycles. The van der Waals surface area contributed by atoms with E-state index in [1.54, 1.807) is 37.4 Å². The molecule has 0 unspecified atom stereocenters. The highest BCUT2D eigenvalue weighted by atomic mass is 19.1. The lowest BCUT2D eigenvalue weighted by Gasteiger charge is -2.03. The number of benzene rings is 1. The van der Waals surface area contributed by atoms with Crippen molar-refractivity contribution >= 4 is 12.0 Å². The van der Waals surface area contributed by atoms with Crippen LogP contribution in [0.25, 0.3) is 17.4 Å². The molecule has 1 N–H and O–H groups in total. The SMILES string of the molecule is COCCCNC(=O)/C(C#N)=C/c1ccc(-c2ccccc2F)o1. The van der Waals surface area contributed by atoms with E-state index in [1.807, 2.05) is 6.07 Å². The zero-order valence-corrected chi connectivity index (χ0v) is 13.2. The van der Waals surface area contributed by atoms with Crippen LogP contribution in [0.2, 0.25) is 0 Å².